The Morgan fingerprint density at radius 1 is 0.595 bits per heavy atom. The summed E-state index contributed by atoms with van der Waals surface area (Å²) in [5.74, 6) is 0.718. The summed E-state index contributed by atoms with van der Waals surface area (Å²) in [6, 6.07) is 38.5. The molecule has 6 heteroatoms. The Morgan fingerprint density at radius 2 is 1.31 bits per heavy atom. The molecule has 0 amide bonds. The van der Waals surface area contributed by atoms with Crippen molar-refractivity contribution in [2.45, 2.75) is 0 Å². The number of aromatic nitrogens is 3. The van der Waals surface area contributed by atoms with E-state index in [2.05, 4.69) is 101 Å². The Balaban J connectivity index is 1.57. The highest BCUT2D eigenvalue weighted by Gasteiger charge is 2.26. The van der Waals surface area contributed by atoms with Gasteiger partial charge in [-0.1, -0.05) is 91.0 Å². The Labute approximate surface area is 247 Å². The van der Waals surface area contributed by atoms with Gasteiger partial charge in [-0.2, -0.15) is 9.97 Å². The van der Waals surface area contributed by atoms with E-state index in [9.17, 15) is 0 Å². The molecule has 42 heavy (non-hydrogen) atoms. The second kappa shape index (κ2) is 8.07. The van der Waals surface area contributed by atoms with Gasteiger partial charge in [0.1, 0.15) is 5.58 Å². The number of para-hydroxylation sites is 1. The van der Waals surface area contributed by atoms with Gasteiger partial charge in [0, 0.05) is 41.7 Å². The average Bonchev–Trinajstić information content (AvgIpc) is 3.70. The summed E-state index contributed by atoms with van der Waals surface area (Å²) in [6.07, 6.45) is 0. The van der Waals surface area contributed by atoms with Crippen LogP contribution < -0.4 is 0 Å². The van der Waals surface area contributed by atoms with Crippen LogP contribution in [0.15, 0.2) is 114 Å². The van der Waals surface area contributed by atoms with Gasteiger partial charge in [0.2, 0.25) is 11.0 Å². The van der Waals surface area contributed by atoms with Crippen LogP contribution in [0.3, 0.4) is 0 Å². The van der Waals surface area contributed by atoms with Crippen molar-refractivity contribution >= 4 is 109 Å². The van der Waals surface area contributed by atoms with E-state index in [1.807, 2.05) is 29.5 Å². The number of thiophene rings is 1. The third kappa shape index (κ3) is 2.82. The minimum Gasteiger partial charge on any atom is -0.437 e. The van der Waals surface area contributed by atoms with Gasteiger partial charge in [-0.3, -0.25) is 4.57 Å². The minimum absolute atomic E-state index is 0.152. The molecular weight excluding hydrogens is 558 g/mol. The highest BCUT2D eigenvalue weighted by Crippen LogP contribution is 2.49. The molecule has 196 valence electrons. The van der Waals surface area contributed by atoms with Crippen LogP contribution in [-0.4, -0.2) is 14.5 Å². The van der Waals surface area contributed by atoms with E-state index in [1.165, 1.54) is 52.5 Å². The molecule has 4 aromatic heterocycles. The van der Waals surface area contributed by atoms with Crippen molar-refractivity contribution in [1.82, 2.24) is 14.5 Å². The molecule has 0 atom stereocenters. The molecule has 0 N–H and O–H groups in total. The first-order valence-electron chi connectivity index (χ1n) is 13.8. The van der Waals surface area contributed by atoms with Crippen LogP contribution in [0.25, 0.3) is 91.4 Å². The van der Waals surface area contributed by atoms with Gasteiger partial charge < -0.3 is 4.42 Å². The van der Waals surface area contributed by atoms with Gasteiger partial charge in [-0.15, -0.1) is 11.3 Å². The van der Waals surface area contributed by atoms with Crippen LogP contribution in [0, 0.1) is 0 Å². The fraction of sp³-hybridized carbons (Fsp3) is 0. The molecule has 10 aromatic rings. The van der Waals surface area contributed by atoms with Gasteiger partial charge in [-0.25, -0.2) is 0 Å². The molecule has 0 aliphatic carbocycles. The summed E-state index contributed by atoms with van der Waals surface area (Å²) in [5, 5.41) is 11.8. The summed E-state index contributed by atoms with van der Waals surface area (Å²) in [4.78, 5) is 9.45. The van der Waals surface area contributed by atoms with Crippen LogP contribution in [-0.2, 0) is 0 Å². The molecule has 0 saturated heterocycles. The predicted molar refractivity (Wildman–Crippen MR) is 177 cm³/mol. The van der Waals surface area contributed by atoms with Crippen LogP contribution in [0.1, 0.15) is 0 Å². The van der Waals surface area contributed by atoms with E-state index >= 15 is 0 Å². The Kier molecular flexibility index (Phi) is 4.36. The molecule has 0 saturated carbocycles. The van der Waals surface area contributed by atoms with Crippen molar-refractivity contribution in [3.8, 4) is 5.82 Å². The smallest absolute Gasteiger partial charge is 0.233 e. The zero-order chi connectivity index (χ0) is 27.5. The third-order valence-corrected chi connectivity index (χ3v) is 9.89. The summed E-state index contributed by atoms with van der Waals surface area (Å²) < 4.78 is 11.1. The lowest BCUT2D eigenvalue weighted by Crippen LogP contribution is -2.00. The first-order chi connectivity index (χ1) is 20.8. The number of benzene rings is 6. The van der Waals surface area contributed by atoms with E-state index in [4.69, 9.17) is 21.0 Å². The van der Waals surface area contributed by atoms with Crippen molar-refractivity contribution in [2.24, 2.45) is 0 Å². The zero-order valence-electron chi connectivity index (χ0n) is 21.9. The van der Waals surface area contributed by atoms with Gasteiger partial charge in [0.15, 0.2) is 5.82 Å². The summed E-state index contributed by atoms with van der Waals surface area (Å²) >= 11 is 8.50. The fourth-order valence-electron chi connectivity index (χ4n) is 6.89. The van der Waals surface area contributed by atoms with E-state index < -0.39 is 0 Å². The number of hydrogen-bond acceptors (Lipinski definition) is 4. The van der Waals surface area contributed by atoms with Crippen LogP contribution in [0.5, 0.6) is 0 Å². The SMILES string of the molecule is Clc1nc(-n2c3ccc4ccccc4c3c3c4sc5ccccc5c4c4ccccc4c32)c2c(n1)oc1ccccc12. The molecule has 0 unspecified atom stereocenters. The number of nitrogens with zero attached hydrogens (tertiary/aromatic N) is 3. The summed E-state index contributed by atoms with van der Waals surface area (Å²) in [5.41, 5.74) is 3.42. The van der Waals surface area contributed by atoms with E-state index in [0.29, 0.717) is 5.71 Å². The summed E-state index contributed by atoms with van der Waals surface area (Å²) in [6.45, 7) is 0. The minimum atomic E-state index is 0.152. The van der Waals surface area contributed by atoms with Crippen molar-refractivity contribution in [3.05, 3.63) is 114 Å². The summed E-state index contributed by atoms with van der Waals surface area (Å²) in [7, 11) is 0. The fourth-order valence-corrected chi connectivity index (χ4v) is 8.32. The zero-order valence-corrected chi connectivity index (χ0v) is 23.5. The van der Waals surface area contributed by atoms with Gasteiger partial charge in [0.25, 0.3) is 0 Å². The number of furan rings is 1. The molecule has 10 rings (SSSR count). The average molecular weight is 576 g/mol. The lowest BCUT2D eigenvalue weighted by Gasteiger charge is -2.11. The van der Waals surface area contributed by atoms with E-state index in [0.717, 1.165) is 33.2 Å². The first kappa shape index (κ1) is 22.7. The second-order valence-electron chi connectivity index (χ2n) is 10.7. The molecule has 6 aromatic carbocycles. The molecule has 0 aliphatic heterocycles. The largest absolute Gasteiger partial charge is 0.437 e. The molecule has 0 aliphatic rings. The third-order valence-electron chi connectivity index (χ3n) is 8.54. The van der Waals surface area contributed by atoms with Crippen molar-refractivity contribution in [3.63, 3.8) is 0 Å². The van der Waals surface area contributed by atoms with Gasteiger partial charge in [0.05, 0.1) is 16.4 Å². The maximum Gasteiger partial charge on any atom is 0.233 e. The standard InChI is InChI=1S/C36H18ClN3OS/c37-36-38-34(30-23-13-5-7-15-26(23)41-35(30)39-36)40-25-18-17-19-9-1-2-10-20(19)29(25)31-32(40)22-12-4-3-11-21(22)28-24-14-6-8-16-27(24)42-33(28)31/h1-18H. The predicted octanol–water partition coefficient (Wildman–Crippen LogP) is 10.8. The Morgan fingerprint density at radius 3 is 2.19 bits per heavy atom. The Bertz CT molecular complexity index is 2770. The maximum absolute atomic E-state index is 6.64. The molecule has 4 heterocycles. The number of fused-ring (bicyclic) bond motifs is 15. The van der Waals surface area contributed by atoms with Gasteiger partial charge >= 0.3 is 0 Å². The molecular formula is C36H18ClN3OS. The van der Waals surface area contributed by atoms with E-state index in [-0.39, 0.29) is 5.28 Å². The number of rotatable bonds is 1. The molecule has 0 spiro atoms. The lowest BCUT2D eigenvalue weighted by molar-refractivity contribution is 0.652. The molecule has 0 fully saturated rings. The van der Waals surface area contributed by atoms with Crippen LogP contribution >= 0.6 is 22.9 Å². The van der Waals surface area contributed by atoms with Crippen molar-refractivity contribution in [1.29, 1.82) is 0 Å². The number of halogens is 1. The highest BCUT2D eigenvalue weighted by atomic mass is 35.5. The van der Waals surface area contributed by atoms with Crippen LogP contribution in [0.2, 0.25) is 5.28 Å². The quantitative estimate of drug-likeness (QED) is 0.183. The second-order valence-corrected chi connectivity index (χ2v) is 12.1. The normalized spacial score (nSPS) is 12.4. The van der Waals surface area contributed by atoms with Crippen LogP contribution in [0.4, 0.5) is 0 Å². The lowest BCUT2D eigenvalue weighted by atomic mass is 9.98. The number of hydrogen-bond donors (Lipinski definition) is 0. The van der Waals surface area contributed by atoms with Crippen molar-refractivity contribution < 1.29 is 4.42 Å². The van der Waals surface area contributed by atoms with Gasteiger partial charge in [-0.05, 0) is 46.0 Å². The topological polar surface area (TPSA) is 43.9 Å². The monoisotopic (exact) mass is 575 g/mol. The van der Waals surface area contributed by atoms with Crippen molar-refractivity contribution in [2.75, 3.05) is 0 Å². The first-order valence-corrected chi connectivity index (χ1v) is 15.0. The molecule has 0 bridgehead atoms. The Hall–Kier alpha value is -4.97. The molecule has 0 radical (unpaired) electrons. The highest BCUT2D eigenvalue weighted by molar-refractivity contribution is 7.27. The van der Waals surface area contributed by atoms with E-state index in [1.54, 1.807) is 0 Å². The maximum atomic E-state index is 6.64. The molecule has 4 nitrogen and oxygen atoms in total.